The van der Waals surface area contributed by atoms with Gasteiger partial charge in [-0.1, -0.05) is 18.6 Å². The molecule has 0 fully saturated rings. The van der Waals surface area contributed by atoms with Gasteiger partial charge in [0.2, 0.25) is 0 Å². The van der Waals surface area contributed by atoms with Crippen molar-refractivity contribution in [3.63, 3.8) is 0 Å². The number of aromatic nitrogens is 1. The van der Waals surface area contributed by atoms with E-state index < -0.39 is 0 Å². The molecule has 1 heterocycles. The predicted octanol–water partition coefficient (Wildman–Crippen LogP) is 2.89. The van der Waals surface area contributed by atoms with E-state index in [1.807, 2.05) is 6.20 Å². The largest absolute Gasteiger partial charge is 0.361 e. The predicted molar refractivity (Wildman–Crippen MR) is 60.3 cm³/mol. The van der Waals surface area contributed by atoms with Gasteiger partial charge in [0.15, 0.2) is 0 Å². The highest BCUT2D eigenvalue weighted by atomic mass is 14.7. The van der Waals surface area contributed by atoms with Gasteiger partial charge in [-0.05, 0) is 31.0 Å². The number of hydrogen-bond donors (Lipinski definition) is 2. The van der Waals surface area contributed by atoms with Crippen LogP contribution in [0.25, 0.3) is 10.9 Å². The number of aryl methyl sites for hydroxylation is 1. The Hall–Kier alpha value is -1.28. The van der Waals surface area contributed by atoms with E-state index in [4.69, 9.17) is 5.73 Å². The topological polar surface area (TPSA) is 41.8 Å². The van der Waals surface area contributed by atoms with Gasteiger partial charge in [0.25, 0.3) is 0 Å². The highest BCUT2D eigenvalue weighted by Crippen LogP contribution is 2.25. The average molecular weight is 188 g/mol. The molecule has 0 radical (unpaired) electrons. The fraction of sp³-hybridized carbons (Fsp3) is 0.333. The second-order valence-corrected chi connectivity index (χ2v) is 3.81. The minimum atomic E-state index is 0.144. The van der Waals surface area contributed by atoms with Crippen LogP contribution in [0.2, 0.25) is 0 Å². The number of benzene rings is 1. The van der Waals surface area contributed by atoms with Gasteiger partial charge in [0.1, 0.15) is 0 Å². The molecule has 3 N–H and O–H groups in total. The molecule has 2 heteroatoms. The third-order valence-electron chi connectivity index (χ3n) is 2.71. The lowest BCUT2D eigenvalue weighted by molar-refractivity contribution is 0.704. The standard InChI is InChI=1S/C12H16N2/c1-3-11(13)10-7-14-12-5-4-8(2)6-9(10)12/h4-7,11,14H,3,13H2,1-2H3/t11-/m0/s1. The zero-order chi connectivity index (χ0) is 10.1. The van der Waals surface area contributed by atoms with Crippen molar-refractivity contribution in [2.75, 3.05) is 0 Å². The van der Waals surface area contributed by atoms with E-state index in [0.717, 1.165) is 6.42 Å². The third-order valence-corrected chi connectivity index (χ3v) is 2.71. The van der Waals surface area contributed by atoms with Crippen LogP contribution in [0.5, 0.6) is 0 Å². The summed E-state index contributed by atoms with van der Waals surface area (Å²) >= 11 is 0. The summed E-state index contributed by atoms with van der Waals surface area (Å²) in [4.78, 5) is 3.25. The lowest BCUT2D eigenvalue weighted by Gasteiger charge is -2.06. The van der Waals surface area contributed by atoms with Gasteiger partial charge in [0.05, 0.1) is 0 Å². The fourth-order valence-electron chi connectivity index (χ4n) is 1.78. The van der Waals surface area contributed by atoms with E-state index in [-0.39, 0.29) is 6.04 Å². The average Bonchev–Trinajstić information content (AvgIpc) is 2.59. The summed E-state index contributed by atoms with van der Waals surface area (Å²) < 4.78 is 0. The second kappa shape index (κ2) is 3.46. The van der Waals surface area contributed by atoms with Crippen molar-refractivity contribution in [1.29, 1.82) is 0 Å². The first kappa shape index (κ1) is 9.28. The Kier molecular flexibility index (Phi) is 2.30. The van der Waals surface area contributed by atoms with Crippen molar-refractivity contribution in [1.82, 2.24) is 4.98 Å². The Morgan fingerprint density at radius 1 is 1.43 bits per heavy atom. The number of fused-ring (bicyclic) bond motifs is 1. The van der Waals surface area contributed by atoms with Crippen molar-refractivity contribution in [2.45, 2.75) is 26.3 Å². The molecule has 0 aliphatic rings. The van der Waals surface area contributed by atoms with Gasteiger partial charge in [-0.2, -0.15) is 0 Å². The van der Waals surface area contributed by atoms with Gasteiger partial charge < -0.3 is 10.7 Å². The zero-order valence-corrected chi connectivity index (χ0v) is 8.67. The van der Waals surface area contributed by atoms with Crippen LogP contribution in [0.3, 0.4) is 0 Å². The SMILES string of the molecule is CC[C@H](N)c1c[nH]c2ccc(C)cc12. The molecule has 0 aliphatic carbocycles. The van der Waals surface area contributed by atoms with E-state index in [1.165, 1.54) is 22.0 Å². The first-order valence-corrected chi connectivity index (χ1v) is 5.05. The normalized spacial score (nSPS) is 13.4. The summed E-state index contributed by atoms with van der Waals surface area (Å²) in [7, 11) is 0. The molecule has 2 aromatic rings. The summed E-state index contributed by atoms with van der Waals surface area (Å²) in [6.45, 7) is 4.22. The summed E-state index contributed by atoms with van der Waals surface area (Å²) in [5.74, 6) is 0. The van der Waals surface area contributed by atoms with Crippen LogP contribution >= 0.6 is 0 Å². The number of nitrogens with one attached hydrogen (secondary N) is 1. The van der Waals surface area contributed by atoms with Gasteiger partial charge >= 0.3 is 0 Å². The first-order chi connectivity index (χ1) is 6.72. The minimum absolute atomic E-state index is 0.144. The number of rotatable bonds is 2. The molecule has 0 saturated carbocycles. The Morgan fingerprint density at radius 2 is 2.21 bits per heavy atom. The monoisotopic (exact) mass is 188 g/mol. The second-order valence-electron chi connectivity index (χ2n) is 3.81. The Morgan fingerprint density at radius 3 is 2.93 bits per heavy atom. The number of nitrogens with two attached hydrogens (primary N) is 1. The van der Waals surface area contributed by atoms with Crippen LogP contribution in [0, 0.1) is 6.92 Å². The number of hydrogen-bond acceptors (Lipinski definition) is 1. The maximum Gasteiger partial charge on any atom is 0.0457 e. The molecule has 0 amide bonds. The molecular formula is C12H16N2. The summed E-state index contributed by atoms with van der Waals surface area (Å²) in [6.07, 6.45) is 3.00. The molecule has 0 saturated heterocycles. The summed E-state index contributed by atoms with van der Waals surface area (Å²) in [5, 5.41) is 1.26. The Balaban J connectivity index is 2.61. The minimum Gasteiger partial charge on any atom is -0.361 e. The molecule has 2 rings (SSSR count). The van der Waals surface area contributed by atoms with Crippen LogP contribution in [-0.2, 0) is 0 Å². The van der Waals surface area contributed by atoms with E-state index >= 15 is 0 Å². The zero-order valence-electron chi connectivity index (χ0n) is 8.67. The van der Waals surface area contributed by atoms with Crippen LogP contribution in [0.4, 0.5) is 0 Å². The van der Waals surface area contributed by atoms with Crippen LogP contribution < -0.4 is 5.73 Å². The van der Waals surface area contributed by atoms with Crippen molar-refractivity contribution in [3.05, 3.63) is 35.5 Å². The molecular weight excluding hydrogens is 172 g/mol. The van der Waals surface area contributed by atoms with Crippen molar-refractivity contribution < 1.29 is 0 Å². The molecule has 1 aromatic heterocycles. The molecule has 0 spiro atoms. The molecule has 14 heavy (non-hydrogen) atoms. The lowest BCUT2D eigenvalue weighted by Crippen LogP contribution is -2.07. The molecule has 1 atom stereocenters. The fourth-order valence-corrected chi connectivity index (χ4v) is 1.78. The van der Waals surface area contributed by atoms with Gasteiger partial charge in [-0.15, -0.1) is 0 Å². The van der Waals surface area contributed by atoms with E-state index in [1.54, 1.807) is 0 Å². The first-order valence-electron chi connectivity index (χ1n) is 5.05. The molecule has 2 nitrogen and oxygen atoms in total. The van der Waals surface area contributed by atoms with E-state index in [9.17, 15) is 0 Å². The smallest absolute Gasteiger partial charge is 0.0457 e. The van der Waals surface area contributed by atoms with Gasteiger partial charge in [-0.25, -0.2) is 0 Å². The molecule has 0 bridgehead atoms. The van der Waals surface area contributed by atoms with Gasteiger partial charge in [0, 0.05) is 23.1 Å². The summed E-state index contributed by atoms with van der Waals surface area (Å²) in [5.41, 5.74) is 9.72. The molecule has 74 valence electrons. The van der Waals surface area contributed by atoms with Crippen LogP contribution in [-0.4, -0.2) is 4.98 Å². The summed E-state index contributed by atoms with van der Waals surface area (Å²) in [6, 6.07) is 6.55. The maximum absolute atomic E-state index is 6.03. The Bertz CT molecular complexity index is 443. The van der Waals surface area contributed by atoms with Crippen LogP contribution in [0.1, 0.15) is 30.5 Å². The van der Waals surface area contributed by atoms with Crippen LogP contribution in [0.15, 0.2) is 24.4 Å². The maximum atomic E-state index is 6.03. The third kappa shape index (κ3) is 1.42. The van der Waals surface area contributed by atoms with E-state index in [2.05, 4.69) is 37.0 Å². The highest BCUT2D eigenvalue weighted by molar-refractivity contribution is 5.84. The lowest BCUT2D eigenvalue weighted by atomic mass is 10.0. The van der Waals surface area contributed by atoms with Crippen molar-refractivity contribution in [3.8, 4) is 0 Å². The van der Waals surface area contributed by atoms with Gasteiger partial charge in [-0.3, -0.25) is 0 Å². The number of H-pyrrole nitrogens is 1. The quantitative estimate of drug-likeness (QED) is 0.747. The molecule has 0 unspecified atom stereocenters. The molecule has 1 aromatic carbocycles. The van der Waals surface area contributed by atoms with E-state index in [0.29, 0.717) is 0 Å². The Labute approximate surface area is 84.1 Å². The van der Waals surface area contributed by atoms with Crippen molar-refractivity contribution >= 4 is 10.9 Å². The number of aromatic amines is 1. The highest BCUT2D eigenvalue weighted by Gasteiger charge is 2.09. The van der Waals surface area contributed by atoms with Crippen molar-refractivity contribution in [2.24, 2.45) is 5.73 Å². The molecule has 0 aliphatic heterocycles.